The summed E-state index contributed by atoms with van der Waals surface area (Å²) in [5, 5.41) is 26.5. The second-order valence-corrected chi connectivity index (χ2v) is 5.60. The number of ketones is 1. The molecule has 0 saturated carbocycles. The van der Waals surface area contributed by atoms with Crippen LogP contribution in [0.1, 0.15) is 16.2 Å². The van der Waals surface area contributed by atoms with E-state index in [9.17, 15) is 15.0 Å². The molecule has 20 heavy (non-hydrogen) atoms. The van der Waals surface area contributed by atoms with E-state index in [-0.39, 0.29) is 23.0 Å². The molecule has 0 aliphatic rings. The first-order chi connectivity index (χ1) is 9.60. The summed E-state index contributed by atoms with van der Waals surface area (Å²) in [6.07, 6.45) is 1.93. The zero-order valence-electron chi connectivity index (χ0n) is 10.6. The fraction of sp³-hybridized carbons (Fsp3) is 0.250. The summed E-state index contributed by atoms with van der Waals surface area (Å²) in [7, 11) is 0. The minimum absolute atomic E-state index is 0.116. The highest BCUT2D eigenvalue weighted by atomic mass is 32.2. The molecular weight excluding hydrogens is 300 g/mol. The van der Waals surface area contributed by atoms with Crippen LogP contribution in [0, 0.1) is 0 Å². The van der Waals surface area contributed by atoms with Gasteiger partial charge in [0.1, 0.15) is 0 Å². The lowest BCUT2D eigenvalue weighted by molar-refractivity contribution is 0.102. The number of hydrogen-bond acceptors (Lipinski definition) is 8. The zero-order chi connectivity index (χ0) is 14.5. The standard InChI is InChI=1S/C12H12N2O4S2/c1-19-6-11-13-14-12(18-11)20-5-10(17)7-2-3-8(15)9(16)4-7/h2-4,15-16H,5-6H2,1H3. The first kappa shape index (κ1) is 14.7. The molecule has 2 rings (SSSR count). The highest BCUT2D eigenvalue weighted by Gasteiger charge is 2.12. The Kier molecular flexibility index (Phi) is 4.91. The van der Waals surface area contributed by atoms with E-state index in [2.05, 4.69) is 10.2 Å². The Morgan fingerprint density at radius 2 is 2.10 bits per heavy atom. The van der Waals surface area contributed by atoms with Gasteiger partial charge in [-0.1, -0.05) is 11.8 Å². The highest BCUT2D eigenvalue weighted by Crippen LogP contribution is 2.26. The van der Waals surface area contributed by atoms with Crippen LogP contribution >= 0.6 is 23.5 Å². The van der Waals surface area contributed by atoms with E-state index in [1.165, 1.54) is 18.2 Å². The first-order valence-electron chi connectivity index (χ1n) is 5.59. The number of aromatic nitrogens is 2. The van der Waals surface area contributed by atoms with Crippen LogP contribution in [0.4, 0.5) is 0 Å². The van der Waals surface area contributed by atoms with Crippen molar-refractivity contribution in [3.8, 4) is 11.5 Å². The number of carbonyl (C=O) groups is 1. The van der Waals surface area contributed by atoms with Crippen LogP contribution in [0.5, 0.6) is 11.5 Å². The summed E-state index contributed by atoms with van der Waals surface area (Å²) in [6.45, 7) is 0. The number of carbonyl (C=O) groups excluding carboxylic acids is 1. The molecule has 0 unspecified atom stereocenters. The van der Waals surface area contributed by atoms with E-state index < -0.39 is 0 Å². The number of phenolic OH excluding ortho intramolecular Hbond substituents is 2. The van der Waals surface area contributed by atoms with Crippen LogP contribution in [0.2, 0.25) is 0 Å². The largest absolute Gasteiger partial charge is 0.504 e. The average Bonchev–Trinajstić information content (AvgIpc) is 2.87. The molecule has 1 heterocycles. The average molecular weight is 312 g/mol. The number of hydrogen-bond donors (Lipinski definition) is 2. The van der Waals surface area contributed by atoms with Gasteiger partial charge >= 0.3 is 0 Å². The summed E-state index contributed by atoms with van der Waals surface area (Å²) in [4.78, 5) is 11.9. The fourth-order valence-corrected chi connectivity index (χ4v) is 2.42. The minimum Gasteiger partial charge on any atom is -0.504 e. The third-order valence-corrected chi connectivity index (χ3v) is 3.69. The monoisotopic (exact) mass is 312 g/mol. The summed E-state index contributed by atoms with van der Waals surface area (Å²) in [6, 6.07) is 3.95. The second kappa shape index (κ2) is 6.67. The topological polar surface area (TPSA) is 96.5 Å². The Morgan fingerprint density at radius 3 is 2.80 bits per heavy atom. The van der Waals surface area contributed by atoms with Gasteiger partial charge in [0.15, 0.2) is 17.3 Å². The van der Waals surface area contributed by atoms with Crippen LogP contribution in [0.3, 0.4) is 0 Å². The smallest absolute Gasteiger partial charge is 0.277 e. The number of nitrogens with zero attached hydrogens (tertiary/aromatic N) is 2. The van der Waals surface area contributed by atoms with E-state index in [1.54, 1.807) is 11.8 Å². The molecule has 0 aliphatic carbocycles. The number of Topliss-reactive ketones (excluding diaryl/α,β-unsaturated/α-hetero) is 1. The van der Waals surface area contributed by atoms with Crippen molar-refractivity contribution in [3.05, 3.63) is 29.7 Å². The lowest BCUT2D eigenvalue weighted by atomic mass is 10.1. The number of thioether (sulfide) groups is 2. The molecular formula is C12H12N2O4S2. The Hall–Kier alpha value is -1.67. The van der Waals surface area contributed by atoms with Gasteiger partial charge in [-0.2, -0.15) is 11.8 Å². The zero-order valence-corrected chi connectivity index (χ0v) is 12.2. The lowest BCUT2D eigenvalue weighted by Gasteiger charge is -2.01. The van der Waals surface area contributed by atoms with Gasteiger partial charge in [-0.3, -0.25) is 4.79 Å². The molecule has 106 valence electrons. The number of phenols is 2. The van der Waals surface area contributed by atoms with Crippen LogP contribution < -0.4 is 0 Å². The van der Waals surface area contributed by atoms with E-state index in [1.807, 2.05) is 6.26 Å². The van der Waals surface area contributed by atoms with Gasteiger partial charge in [-0.25, -0.2) is 0 Å². The summed E-state index contributed by atoms with van der Waals surface area (Å²) in [5.74, 6) is 0.497. The van der Waals surface area contributed by atoms with Crippen LogP contribution in [-0.4, -0.2) is 38.2 Å². The number of benzene rings is 1. The van der Waals surface area contributed by atoms with Crippen molar-refractivity contribution in [2.24, 2.45) is 0 Å². The molecule has 0 spiro atoms. The minimum atomic E-state index is -0.319. The van der Waals surface area contributed by atoms with Crippen LogP contribution in [0.25, 0.3) is 0 Å². The van der Waals surface area contributed by atoms with Crippen LogP contribution in [-0.2, 0) is 5.75 Å². The van der Waals surface area contributed by atoms with E-state index in [0.29, 0.717) is 22.4 Å². The maximum atomic E-state index is 11.9. The molecule has 0 radical (unpaired) electrons. The Labute approximate surface area is 123 Å². The third kappa shape index (κ3) is 3.67. The van der Waals surface area contributed by atoms with Crippen molar-refractivity contribution < 1.29 is 19.4 Å². The molecule has 0 saturated heterocycles. The van der Waals surface area contributed by atoms with Crippen molar-refractivity contribution in [1.29, 1.82) is 0 Å². The molecule has 8 heteroatoms. The van der Waals surface area contributed by atoms with Gasteiger partial charge < -0.3 is 14.6 Å². The second-order valence-electron chi connectivity index (χ2n) is 3.81. The van der Waals surface area contributed by atoms with Gasteiger partial charge in [0.05, 0.1) is 11.5 Å². The fourth-order valence-electron chi connectivity index (χ4n) is 1.39. The predicted octanol–water partition coefficient (Wildman–Crippen LogP) is 2.32. The summed E-state index contributed by atoms with van der Waals surface area (Å²) < 4.78 is 5.33. The third-order valence-electron chi connectivity index (χ3n) is 2.34. The summed E-state index contributed by atoms with van der Waals surface area (Å²) >= 11 is 2.71. The van der Waals surface area contributed by atoms with Gasteiger partial charge in [0.25, 0.3) is 5.22 Å². The molecule has 0 bridgehead atoms. The molecule has 0 amide bonds. The van der Waals surface area contributed by atoms with Crippen molar-refractivity contribution in [1.82, 2.24) is 10.2 Å². The van der Waals surface area contributed by atoms with E-state index >= 15 is 0 Å². The first-order valence-corrected chi connectivity index (χ1v) is 7.97. The van der Waals surface area contributed by atoms with Crippen molar-refractivity contribution in [2.45, 2.75) is 11.0 Å². The maximum Gasteiger partial charge on any atom is 0.277 e. The van der Waals surface area contributed by atoms with Crippen molar-refractivity contribution in [2.75, 3.05) is 12.0 Å². The van der Waals surface area contributed by atoms with E-state index in [4.69, 9.17) is 4.42 Å². The molecule has 2 N–H and O–H groups in total. The van der Waals surface area contributed by atoms with Gasteiger partial charge in [-0.05, 0) is 24.5 Å². The van der Waals surface area contributed by atoms with Crippen LogP contribution in [0.15, 0.2) is 27.8 Å². The number of rotatable bonds is 6. The Balaban J connectivity index is 1.95. The SMILES string of the molecule is CSCc1nnc(SCC(=O)c2ccc(O)c(O)c2)o1. The molecule has 0 fully saturated rings. The molecule has 6 nitrogen and oxygen atoms in total. The maximum absolute atomic E-state index is 11.9. The molecule has 0 aliphatic heterocycles. The highest BCUT2D eigenvalue weighted by molar-refractivity contribution is 7.99. The van der Waals surface area contributed by atoms with Crippen molar-refractivity contribution in [3.63, 3.8) is 0 Å². The van der Waals surface area contributed by atoms with Gasteiger partial charge in [0.2, 0.25) is 5.89 Å². The molecule has 1 aromatic heterocycles. The molecule has 1 aromatic carbocycles. The normalized spacial score (nSPS) is 10.7. The van der Waals surface area contributed by atoms with Crippen molar-refractivity contribution >= 4 is 29.3 Å². The van der Waals surface area contributed by atoms with E-state index in [0.717, 1.165) is 11.8 Å². The Morgan fingerprint density at radius 1 is 1.30 bits per heavy atom. The summed E-state index contributed by atoms with van der Waals surface area (Å²) in [5.41, 5.74) is 0.316. The Bertz CT molecular complexity index is 615. The lowest BCUT2D eigenvalue weighted by Crippen LogP contribution is -2.01. The molecule has 0 atom stereocenters. The molecule has 2 aromatic rings. The number of aromatic hydroxyl groups is 2. The van der Waals surface area contributed by atoms with Gasteiger partial charge in [-0.15, -0.1) is 10.2 Å². The predicted molar refractivity (Wildman–Crippen MR) is 76.3 cm³/mol. The van der Waals surface area contributed by atoms with Gasteiger partial charge in [0, 0.05) is 5.56 Å². The quantitative estimate of drug-likeness (QED) is 0.476.